The molecule has 29 heavy (non-hydrogen) atoms. The van der Waals surface area contributed by atoms with Crippen LogP contribution in [0.5, 0.6) is 0 Å². The molecule has 1 aliphatic rings. The molecule has 154 valence electrons. The number of hydrogen-bond donors (Lipinski definition) is 1. The number of nitrogens with zero attached hydrogens (tertiary/aromatic N) is 2. The van der Waals surface area contributed by atoms with Gasteiger partial charge in [-0.15, -0.1) is 0 Å². The highest BCUT2D eigenvalue weighted by atomic mass is 35.5. The van der Waals surface area contributed by atoms with Gasteiger partial charge in [-0.25, -0.2) is 0 Å². The number of carbonyl (C=O) groups excluding carboxylic acids is 2. The first kappa shape index (κ1) is 21.1. The maximum atomic E-state index is 12.6. The SMILES string of the molecule is COCC(=O)N(Cc1cc(NC(=O)c2ccccc2Cl)ccc1N(C)C)C1CC1. The number of hydrogen-bond acceptors (Lipinski definition) is 4. The molecule has 0 aliphatic heterocycles. The Hall–Kier alpha value is -2.57. The molecule has 1 N–H and O–H groups in total. The quantitative estimate of drug-likeness (QED) is 0.712. The van der Waals surface area contributed by atoms with E-state index in [4.69, 9.17) is 16.3 Å². The zero-order valence-corrected chi connectivity index (χ0v) is 17.7. The molecule has 2 amide bonds. The van der Waals surface area contributed by atoms with Crippen LogP contribution in [0.2, 0.25) is 5.02 Å². The van der Waals surface area contributed by atoms with E-state index < -0.39 is 0 Å². The molecule has 0 unspecified atom stereocenters. The van der Waals surface area contributed by atoms with Gasteiger partial charge in [0, 0.05) is 45.2 Å². The van der Waals surface area contributed by atoms with Gasteiger partial charge in [-0.3, -0.25) is 9.59 Å². The summed E-state index contributed by atoms with van der Waals surface area (Å²) >= 11 is 6.14. The van der Waals surface area contributed by atoms with E-state index in [1.807, 2.05) is 42.1 Å². The van der Waals surface area contributed by atoms with Crippen molar-refractivity contribution in [2.24, 2.45) is 0 Å². The molecule has 0 atom stereocenters. The molecule has 6 nitrogen and oxygen atoms in total. The van der Waals surface area contributed by atoms with Crippen LogP contribution < -0.4 is 10.2 Å². The van der Waals surface area contributed by atoms with Gasteiger partial charge in [0.1, 0.15) is 6.61 Å². The lowest BCUT2D eigenvalue weighted by atomic mass is 10.1. The summed E-state index contributed by atoms with van der Waals surface area (Å²) in [5.74, 6) is -0.293. The highest BCUT2D eigenvalue weighted by molar-refractivity contribution is 6.34. The summed E-state index contributed by atoms with van der Waals surface area (Å²) in [6, 6.07) is 12.9. The van der Waals surface area contributed by atoms with Crippen LogP contribution in [0, 0.1) is 0 Å². The number of anilines is 2. The lowest BCUT2D eigenvalue weighted by Crippen LogP contribution is -2.35. The van der Waals surface area contributed by atoms with Crippen LogP contribution in [-0.2, 0) is 16.1 Å². The van der Waals surface area contributed by atoms with Crippen LogP contribution in [0.15, 0.2) is 42.5 Å². The average molecular weight is 416 g/mol. The molecule has 0 spiro atoms. The van der Waals surface area contributed by atoms with Gasteiger partial charge in [-0.1, -0.05) is 23.7 Å². The van der Waals surface area contributed by atoms with E-state index in [-0.39, 0.29) is 24.5 Å². The van der Waals surface area contributed by atoms with E-state index in [0.717, 1.165) is 24.1 Å². The third-order valence-corrected chi connectivity index (χ3v) is 5.18. The van der Waals surface area contributed by atoms with E-state index in [1.165, 1.54) is 7.11 Å². The fraction of sp³-hybridized carbons (Fsp3) is 0.364. The van der Waals surface area contributed by atoms with E-state index in [0.29, 0.717) is 22.8 Å². The summed E-state index contributed by atoms with van der Waals surface area (Å²) in [6.45, 7) is 0.535. The lowest BCUT2D eigenvalue weighted by molar-refractivity contribution is -0.136. The molecular weight excluding hydrogens is 390 g/mol. The van der Waals surface area contributed by atoms with Gasteiger partial charge in [0.05, 0.1) is 10.6 Å². The molecule has 0 radical (unpaired) electrons. The monoisotopic (exact) mass is 415 g/mol. The van der Waals surface area contributed by atoms with Crippen molar-refractivity contribution in [2.45, 2.75) is 25.4 Å². The van der Waals surface area contributed by atoms with E-state index >= 15 is 0 Å². The number of rotatable bonds is 8. The predicted octanol–water partition coefficient (Wildman–Crippen LogP) is 3.80. The summed E-state index contributed by atoms with van der Waals surface area (Å²) < 4.78 is 5.04. The van der Waals surface area contributed by atoms with Crippen molar-refractivity contribution < 1.29 is 14.3 Å². The van der Waals surface area contributed by atoms with E-state index in [1.54, 1.807) is 24.3 Å². The highest BCUT2D eigenvalue weighted by Gasteiger charge is 2.33. The fourth-order valence-electron chi connectivity index (χ4n) is 3.27. The van der Waals surface area contributed by atoms with Crippen molar-refractivity contribution in [1.82, 2.24) is 4.90 Å². The molecule has 0 bridgehead atoms. The van der Waals surface area contributed by atoms with Gasteiger partial charge >= 0.3 is 0 Å². The second-order valence-electron chi connectivity index (χ2n) is 7.36. The van der Waals surface area contributed by atoms with Crippen molar-refractivity contribution >= 4 is 34.8 Å². The van der Waals surface area contributed by atoms with Gasteiger partial charge < -0.3 is 19.9 Å². The second-order valence-corrected chi connectivity index (χ2v) is 7.76. The average Bonchev–Trinajstić information content (AvgIpc) is 3.51. The molecule has 0 saturated heterocycles. The van der Waals surface area contributed by atoms with Crippen LogP contribution in [0.25, 0.3) is 0 Å². The van der Waals surface area contributed by atoms with Crippen LogP contribution in [0.3, 0.4) is 0 Å². The Morgan fingerprint density at radius 3 is 2.52 bits per heavy atom. The van der Waals surface area contributed by atoms with E-state index in [2.05, 4.69) is 5.32 Å². The standard InChI is InChI=1S/C22H26ClN3O3/c1-25(2)20-11-8-16(24-22(28)18-6-4-5-7-19(18)23)12-15(20)13-26(17-9-10-17)21(27)14-29-3/h4-8,11-12,17H,9-10,13-14H2,1-3H3,(H,24,28). The number of amides is 2. The molecule has 1 saturated carbocycles. The van der Waals surface area contributed by atoms with Crippen LogP contribution in [-0.4, -0.2) is 50.6 Å². The van der Waals surface area contributed by atoms with Crippen molar-refractivity contribution in [3.8, 4) is 0 Å². The summed E-state index contributed by atoms with van der Waals surface area (Å²) in [5, 5.41) is 3.31. The molecule has 7 heteroatoms. The van der Waals surface area contributed by atoms with Gasteiger partial charge in [0.2, 0.25) is 5.91 Å². The molecule has 2 aromatic carbocycles. The minimum absolute atomic E-state index is 0.0230. The van der Waals surface area contributed by atoms with Crippen LogP contribution >= 0.6 is 11.6 Å². The predicted molar refractivity (Wildman–Crippen MR) is 116 cm³/mol. The summed E-state index contributed by atoms with van der Waals surface area (Å²) in [4.78, 5) is 29.0. The largest absolute Gasteiger partial charge is 0.377 e. The van der Waals surface area contributed by atoms with Crippen LogP contribution in [0.4, 0.5) is 11.4 Å². The van der Waals surface area contributed by atoms with Crippen LogP contribution in [0.1, 0.15) is 28.8 Å². The summed E-state index contributed by atoms with van der Waals surface area (Å²) in [6.07, 6.45) is 2.02. The number of halogens is 1. The fourth-order valence-corrected chi connectivity index (χ4v) is 3.49. The van der Waals surface area contributed by atoms with Gasteiger partial charge in [-0.05, 0) is 48.7 Å². The Morgan fingerprint density at radius 1 is 1.17 bits per heavy atom. The molecular formula is C22H26ClN3O3. The summed E-state index contributed by atoms with van der Waals surface area (Å²) in [5.41, 5.74) is 3.03. The molecule has 2 aromatic rings. The third kappa shape index (κ3) is 5.28. The van der Waals surface area contributed by atoms with Gasteiger partial charge in [-0.2, -0.15) is 0 Å². The molecule has 1 aliphatic carbocycles. The Kier molecular flexibility index (Phi) is 6.77. The van der Waals surface area contributed by atoms with E-state index in [9.17, 15) is 9.59 Å². The molecule has 0 aromatic heterocycles. The van der Waals surface area contributed by atoms with Crippen molar-refractivity contribution in [1.29, 1.82) is 0 Å². The minimum Gasteiger partial charge on any atom is -0.377 e. The topological polar surface area (TPSA) is 61.9 Å². The first-order chi connectivity index (χ1) is 13.9. The Morgan fingerprint density at radius 2 is 1.90 bits per heavy atom. The highest BCUT2D eigenvalue weighted by Crippen LogP contribution is 2.32. The Bertz CT molecular complexity index is 897. The van der Waals surface area contributed by atoms with Gasteiger partial charge in [0.15, 0.2) is 0 Å². The van der Waals surface area contributed by atoms with Crippen molar-refractivity contribution in [3.63, 3.8) is 0 Å². The molecule has 1 fully saturated rings. The first-order valence-electron chi connectivity index (χ1n) is 9.55. The normalized spacial score (nSPS) is 13.1. The lowest BCUT2D eigenvalue weighted by Gasteiger charge is -2.26. The van der Waals surface area contributed by atoms with Crippen molar-refractivity contribution in [2.75, 3.05) is 38.0 Å². The Labute approximate surface area is 176 Å². The number of ether oxygens (including phenoxy) is 1. The number of carbonyl (C=O) groups is 2. The smallest absolute Gasteiger partial charge is 0.257 e. The Balaban J connectivity index is 1.85. The molecule has 0 heterocycles. The number of methoxy groups -OCH3 is 1. The van der Waals surface area contributed by atoms with Gasteiger partial charge in [0.25, 0.3) is 5.91 Å². The van der Waals surface area contributed by atoms with Crippen molar-refractivity contribution in [3.05, 3.63) is 58.6 Å². The third-order valence-electron chi connectivity index (χ3n) is 4.85. The summed E-state index contributed by atoms with van der Waals surface area (Å²) in [7, 11) is 5.44. The second kappa shape index (κ2) is 9.29. The maximum absolute atomic E-state index is 12.6. The molecule has 3 rings (SSSR count). The zero-order chi connectivity index (χ0) is 21.0. The number of nitrogens with one attached hydrogen (secondary N) is 1. The minimum atomic E-state index is -0.270. The number of benzene rings is 2. The zero-order valence-electron chi connectivity index (χ0n) is 16.9. The first-order valence-corrected chi connectivity index (χ1v) is 9.93. The maximum Gasteiger partial charge on any atom is 0.257 e.